The Kier molecular flexibility index (Phi) is 4.69. The zero-order valence-corrected chi connectivity index (χ0v) is 13.9. The van der Waals surface area contributed by atoms with E-state index in [1.165, 1.54) is 24.6 Å². The molecule has 6 nitrogen and oxygen atoms in total. The molecule has 1 aliphatic rings. The highest BCUT2D eigenvalue weighted by molar-refractivity contribution is 7.92. The minimum Gasteiger partial charge on any atom is -0.270 e. The van der Waals surface area contributed by atoms with Crippen molar-refractivity contribution in [1.29, 1.82) is 0 Å². The Hall–Kier alpha value is -1.32. The summed E-state index contributed by atoms with van der Waals surface area (Å²) in [4.78, 5) is 11.9. The number of carbonyl (C=O) groups excluding carboxylic acids is 1. The molecule has 1 fully saturated rings. The first-order chi connectivity index (χ1) is 10.1. The molecule has 1 amide bonds. The van der Waals surface area contributed by atoms with Crippen LogP contribution in [-0.2, 0) is 24.5 Å². The average Bonchev–Trinajstić information content (AvgIpc) is 2.86. The van der Waals surface area contributed by atoms with E-state index in [0.29, 0.717) is 12.8 Å². The molecule has 1 aliphatic heterocycles. The van der Waals surface area contributed by atoms with E-state index >= 15 is 0 Å². The zero-order valence-electron chi connectivity index (χ0n) is 12.2. The van der Waals surface area contributed by atoms with Crippen molar-refractivity contribution in [2.45, 2.75) is 23.8 Å². The van der Waals surface area contributed by atoms with Gasteiger partial charge in [-0.05, 0) is 31.0 Å². The van der Waals surface area contributed by atoms with E-state index < -0.39 is 37.5 Å². The Morgan fingerprint density at radius 1 is 1.32 bits per heavy atom. The normalized spacial score (nSPS) is 20.0. The van der Waals surface area contributed by atoms with Gasteiger partial charge in [-0.2, -0.15) is 8.67 Å². The molecule has 0 spiro atoms. The fraction of sp³-hybridized carbons (Fsp3) is 0.462. The van der Waals surface area contributed by atoms with Crippen LogP contribution in [0.15, 0.2) is 33.5 Å². The van der Waals surface area contributed by atoms with Crippen LogP contribution < -0.4 is 0 Å². The van der Waals surface area contributed by atoms with Gasteiger partial charge >= 0.3 is 0 Å². The van der Waals surface area contributed by atoms with Gasteiger partial charge < -0.3 is 0 Å². The Bertz CT molecular complexity index is 805. The first kappa shape index (κ1) is 17.0. The van der Waals surface area contributed by atoms with E-state index in [0.717, 1.165) is 16.4 Å². The summed E-state index contributed by atoms with van der Waals surface area (Å²) in [5.41, 5.74) is 0. The summed E-state index contributed by atoms with van der Waals surface area (Å²) >= 11 is 0. The highest BCUT2D eigenvalue weighted by atomic mass is 32.2. The molecule has 2 rings (SSSR count). The summed E-state index contributed by atoms with van der Waals surface area (Å²) in [7, 11) is -6.65. The predicted octanol–water partition coefficient (Wildman–Crippen LogP) is 1.23. The van der Waals surface area contributed by atoms with Gasteiger partial charge in [0.15, 0.2) is 0 Å². The number of sulfonamides is 1. The molecule has 9 heteroatoms. The minimum atomic E-state index is -3.99. The van der Waals surface area contributed by atoms with E-state index in [1.54, 1.807) is 0 Å². The minimum absolute atomic E-state index is 0.152. The quantitative estimate of drug-likeness (QED) is 0.822. The molecule has 0 aliphatic carbocycles. The van der Waals surface area contributed by atoms with E-state index in [4.69, 9.17) is 0 Å². The summed E-state index contributed by atoms with van der Waals surface area (Å²) in [6.45, 7) is 0.152. The lowest BCUT2D eigenvalue weighted by molar-refractivity contribution is -0.120. The van der Waals surface area contributed by atoms with Crippen LogP contribution in [0.3, 0.4) is 0 Å². The second-order valence-corrected chi connectivity index (χ2v) is 9.78. The maximum Gasteiger partial charge on any atom is 0.272 e. The van der Waals surface area contributed by atoms with Crippen molar-refractivity contribution < 1.29 is 21.8 Å². The van der Waals surface area contributed by atoms with Gasteiger partial charge in [0.1, 0.15) is 11.9 Å². The van der Waals surface area contributed by atoms with Crippen LogP contribution in [0.2, 0.25) is 0 Å². The van der Waals surface area contributed by atoms with Crippen LogP contribution in [-0.4, -0.2) is 47.9 Å². The number of hydrogen-bond acceptors (Lipinski definition) is 4. The highest BCUT2D eigenvalue weighted by Crippen LogP contribution is 2.27. The van der Waals surface area contributed by atoms with Gasteiger partial charge in [-0.25, -0.2) is 17.0 Å². The summed E-state index contributed by atoms with van der Waals surface area (Å²) in [5, 5.41) is 0. The summed E-state index contributed by atoms with van der Waals surface area (Å²) in [5.74, 6) is -1.38. The molecule has 1 saturated heterocycles. The van der Waals surface area contributed by atoms with E-state index in [9.17, 15) is 21.8 Å². The Balaban J connectivity index is 2.38. The van der Waals surface area contributed by atoms with Crippen molar-refractivity contribution in [2.24, 2.45) is 4.36 Å². The molecule has 0 saturated carbocycles. The van der Waals surface area contributed by atoms with Gasteiger partial charge in [0.2, 0.25) is 10.0 Å². The predicted molar refractivity (Wildman–Crippen MR) is 80.7 cm³/mol. The number of hydrogen-bond donors (Lipinski definition) is 0. The lowest BCUT2D eigenvalue weighted by Gasteiger charge is -2.21. The lowest BCUT2D eigenvalue weighted by Crippen LogP contribution is -2.40. The Morgan fingerprint density at radius 3 is 2.59 bits per heavy atom. The fourth-order valence-electron chi connectivity index (χ4n) is 2.32. The van der Waals surface area contributed by atoms with E-state index in [2.05, 4.69) is 4.36 Å². The number of amides is 1. The molecule has 122 valence electrons. The summed E-state index contributed by atoms with van der Waals surface area (Å²) in [6.07, 6.45) is 3.43. The van der Waals surface area contributed by atoms with Crippen molar-refractivity contribution in [3.63, 3.8) is 0 Å². The standard InChI is InChI=1S/C13H17FN2O4S2/c1-21(2,18)15-13(17)12-7-4-8-16(12)22(19,20)11-6-3-5-10(14)9-11/h3,5-6,9,12H,4,7-8H2,1-2H3. The van der Waals surface area contributed by atoms with E-state index in [1.807, 2.05) is 0 Å². The molecular formula is C13H17FN2O4S2. The van der Waals surface area contributed by atoms with Gasteiger partial charge in [0.25, 0.3) is 5.91 Å². The molecule has 1 aromatic rings. The largest absolute Gasteiger partial charge is 0.272 e. The van der Waals surface area contributed by atoms with E-state index in [-0.39, 0.29) is 11.4 Å². The SMILES string of the molecule is CS(C)(=O)=NC(=O)C1CCCN1S(=O)(=O)c1cccc(F)c1. The van der Waals surface area contributed by atoms with Gasteiger partial charge in [0, 0.05) is 28.8 Å². The second kappa shape index (κ2) is 6.05. The van der Waals surface area contributed by atoms with Crippen molar-refractivity contribution >= 4 is 25.7 Å². The molecule has 0 N–H and O–H groups in total. The summed E-state index contributed by atoms with van der Waals surface area (Å²) < 4.78 is 54.6. The number of rotatable bonds is 3. The van der Waals surface area contributed by atoms with Crippen LogP contribution in [0.5, 0.6) is 0 Å². The topological polar surface area (TPSA) is 83.9 Å². The summed E-state index contributed by atoms with van der Waals surface area (Å²) in [6, 6.07) is 3.65. The molecule has 0 aromatic heterocycles. The molecule has 1 atom stereocenters. The van der Waals surface area contributed by atoms with Crippen molar-refractivity contribution in [1.82, 2.24) is 4.31 Å². The molecule has 1 heterocycles. The Labute approximate surface area is 129 Å². The third kappa shape index (κ3) is 3.71. The smallest absolute Gasteiger partial charge is 0.270 e. The van der Waals surface area contributed by atoms with Gasteiger partial charge in [-0.1, -0.05) is 6.07 Å². The molecule has 1 unspecified atom stereocenters. The highest BCUT2D eigenvalue weighted by Gasteiger charge is 2.39. The number of benzene rings is 1. The van der Waals surface area contributed by atoms with Crippen LogP contribution in [0.25, 0.3) is 0 Å². The molecule has 0 bridgehead atoms. The molecule has 0 radical (unpaired) electrons. The molecule has 1 aromatic carbocycles. The number of carbonyl (C=O) groups is 1. The number of halogens is 1. The first-order valence-corrected chi connectivity index (χ1v) is 10.4. The Morgan fingerprint density at radius 2 is 2.00 bits per heavy atom. The molecule has 22 heavy (non-hydrogen) atoms. The van der Waals surface area contributed by atoms with Crippen molar-refractivity contribution in [3.05, 3.63) is 30.1 Å². The molecular weight excluding hydrogens is 331 g/mol. The monoisotopic (exact) mass is 348 g/mol. The van der Waals surface area contributed by atoms with Crippen molar-refractivity contribution in [2.75, 3.05) is 19.1 Å². The van der Waals surface area contributed by atoms with Crippen LogP contribution in [0, 0.1) is 5.82 Å². The van der Waals surface area contributed by atoms with Gasteiger partial charge in [-0.3, -0.25) is 4.79 Å². The third-order valence-corrected chi connectivity index (χ3v) is 5.73. The van der Waals surface area contributed by atoms with Crippen LogP contribution in [0.4, 0.5) is 4.39 Å². The lowest BCUT2D eigenvalue weighted by atomic mass is 10.2. The second-order valence-electron chi connectivity index (χ2n) is 5.34. The fourth-order valence-corrected chi connectivity index (χ4v) is 4.55. The number of nitrogens with zero attached hydrogens (tertiary/aromatic N) is 2. The average molecular weight is 348 g/mol. The van der Waals surface area contributed by atoms with Crippen LogP contribution >= 0.6 is 0 Å². The van der Waals surface area contributed by atoms with Gasteiger partial charge in [-0.15, -0.1) is 0 Å². The van der Waals surface area contributed by atoms with Gasteiger partial charge in [0.05, 0.1) is 4.90 Å². The first-order valence-electron chi connectivity index (χ1n) is 6.60. The third-order valence-electron chi connectivity index (χ3n) is 3.20. The maximum atomic E-state index is 13.3. The zero-order chi connectivity index (χ0) is 16.5. The van der Waals surface area contributed by atoms with Crippen molar-refractivity contribution in [3.8, 4) is 0 Å². The maximum absolute atomic E-state index is 13.3. The van der Waals surface area contributed by atoms with Crippen LogP contribution in [0.1, 0.15) is 12.8 Å².